The van der Waals surface area contributed by atoms with Crippen molar-refractivity contribution >= 4 is 40.2 Å². The lowest BCUT2D eigenvalue weighted by Gasteiger charge is -2.30. The van der Waals surface area contributed by atoms with E-state index >= 15 is 4.39 Å². The zero-order valence-corrected chi connectivity index (χ0v) is 23.3. The van der Waals surface area contributed by atoms with Crippen LogP contribution in [0, 0.1) is 12.7 Å². The molecule has 11 heteroatoms. The molecule has 0 bridgehead atoms. The Balaban J connectivity index is 1.24. The highest BCUT2D eigenvalue weighted by Crippen LogP contribution is 2.31. The number of fused-ring (bicyclic) bond motifs is 2. The quantitative estimate of drug-likeness (QED) is 0.279. The third kappa shape index (κ3) is 5.26. The van der Waals surface area contributed by atoms with Crippen molar-refractivity contribution in [2.75, 3.05) is 13.2 Å². The van der Waals surface area contributed by atoms with Gasteiger partial charge in [0.25, 0.3) is 0 Å². The molecule has 0 unspecified atom stereocenters. The molecular formula is C29H27Cl2FN4O4. The van der Waals surface area contributed by atoms with Gasteiger partial charge in [0.05, 0.1) is 36.0 Å². The van der Waals surface area contributed by atoms with Crippen LogP contribution < -0.4 is 4.74 Å². The Morgan fingerprint density at radius 3 is 2.75 bits per heavy atom. The molecule has 2 aromatic carbocycles. The summed E-state index contributed by atoms with van der Waals surface area (Å²) in [7, 11) is 0. The van der Waals surface area contributed by atoms with Crippen molar-refractivity contribution < 1.29 is 23.8 Å². The Hall–Kier alpha value is -3.24. The topological polar surface area (TPSA) is 89.7 Å². The van der Waals surface area contributed by atoms with E-state index in [1.54, 1.807) is 10.6 Å². The fourth-order valence-corrected chi connectivity index (χ4v) is 5.68. The molecule has 0 saturated carbocycles. The van der Waals surface area contributed by atoms with Crippen molar-refractivity contribution in [3.63, 3.8) is 0 Å². The molecule has 0 amide bonds. The van der Waals surface area contributed by atoms with E-state index in [2.05, 4.69) is 4.90 Å². The number of hydrogen-bond donors (Lipinski definition) is 1. The van der Waals surface area contributed by atoms with Crippen LogP contribution in [0.5, 0.6) is 5.88 Å². The number of aromatic carboxylic acids is 1. The maximum Gasteiger partial charge on any atom is 0.338 e. The predicted octanol–water partition coefficient (Wildman–Crippen LogP) is 5.81. The van der Waals surface area contributed by atoms with Crippen molar-refractivity contribution in [2.45, 2.75) is 52.1 Å². The van der Waals surface area contributed by atoms with E-state index < -0.39 is 11.8 Å². The van der Waals surface area contributed by atoms with Crippen LogP contribution in [0.3, 0.4) is 0 Å². The van der Waals surface area contributed by atoms with Gasteiger partial charge in [-0.3, -0.25) is 4.90 Å². The van der Waals surface area contributed by atoms with Gasteiger partial charge < -0.3 is 19.1 Å². The van der Waals surface area contributed by atoms with E-state index in [0.717, 1.165) is 41.8 Å². The molecular weight excluding hydrogens is 558 g/mol. The molecule has 6 rings (SSSR count). The number of imidazole rings is 1. The van der Waals surface area contributed by atoms with Crippen LogP contribution in [-0.4, -0.2) is 49.8 Å². The summed E-state index contributed by atoms with van der Waals surface area (Å²) in [6, 6.07) is 10.5. The van der Waals surface area contributed by atoms with Crippen LogP contribution in [0.25, 0.3) is 11.0 Å². The van der Waals surface area contributed by atoms with Gasteiger partial charge >= 0.3 is 5.97 Å². The second-order valence-corrected chi connectivity index (χ2v) is 11.1. The molecule has 208 valence electrons. The maximum atomic E-state index is 15.3. The van der Waals surface area contributed by atoms with Crippen molar-refractivity contribution in [1.82, 2.24) is 19.4 Å². The lowest BCUT2D eigenvalue weighted by molar-refractivity contribution is -0.0592. The molecule has 40 heavy (non-hydrogen) atoms. The first-order valence-electron chi connectivity index (χ1n) is 13.1. The van der Waals surface area contributed by atoms with Gasteiger partial charge in [0, 0.05) is 30.3 Å². The third-order valence-corrected chi connectivity index (χ3v) is 8.08. The van der Waals surface area contributed by atoms with Gasteiger partial charge in [-0.1, -0.05) is 35.3 Å². The van der Waals surface area contributed by atoms with Gasteiger partial charge in [-0.2, -0.15) is 0 Å². The van der Waals surface area contributed by atoms with Crippen LogP contribution in [0.15, 0.2) is 36.4 Å². The van der Waals surface area contributed by atoms with Crippen LogP contribution in [-0.2, 0) is 37.4 Å². The molecule has 2 aliphatic rings. The monoisotopic (exact) mass is 584 g/mol. The minimum atomic E-state index is -1.31. The molecule has 2 aliphatic heterocycles. The molecule has 1 atom stereocenters. The molecule has 1 saturated heterocycles. The van der Waals surface area contributed by atoms with Gasteiger partial charge in [0.1, 0.15) is 23.0 Å². The molecule has 1 fully saturated rings. The van der Waals surface area contributed by atoms with Gasteiger partial charge in [0.15, 0.2) is 5.82 Å². The summed E-state index contributed by atoms with van der Waals surface area (Å²) >= 11 is 12.9. The van der Waals surface area contributed by atoms with Crippen molar-refractivity contribution in [2.24, 2.45) is 0 Å². The molecule has 8 nitrogen and oxygen atoms in total. The second-order valence-electron chi connectivity index (χ2n) is 10.2. The standard InChI is InChI=1S/C29H27Cl2FN4O4/c1-16-2-3-18(21(30)10-16)15-40-28-22(31)11-17-6-8-35(13-24(17)34-28)14-25-33-23-5-4-20(29(37)38)26(32)27(23)36(25)12-19-7-9-39-19/h2-5,10-11,19H,6-9,12-15H2,1H3,(H,37,38)/t19-/m0/s1. The highest BCUT2D eigenvalue weighted by Gasteiger charge is 2.27. The number of carboxylic acids is 1. The van der Waals surface area contributed by atoms with E-state index in [-0.39, 0.29) is 23.8 Å². The molecule has 4 heterocycles. The molecule has 0 aliphatic carbocycles. The summed E-state index contributed by atoms with van der Waals surface area (Å²) in [4.78, 5) is 23.2. The SMILES string of the molecule is Cc1ccc(COc2nc3c(cc2Cl)CCN(Cc2nc4ccc(C(=O)O)c(F)c4n2C[C@@H]2CCO2)C3)c(Cl)c1. The summed E-state index contributed by atoms with van der Waals surface area (Å²) in [6.07, 6.45) is 1.53. The molecule has 4 aromatic rings. The molecule has 0 radical (unpaired) electrons. The maximum absolute atomic E-state index is 15.3. The first kappa shape index (κ1) is 27.0. The number of halogens is 3. The van der Waals surface area contributed by atoms with Crippen LogP contribution >= 0.6 is 23.2 Å². The van der Waals surface area contributed by atoms with Crippen molar-refractivity contribution in [3.05, 3.63) is 86.0 Å². The first-order chi connectivity index (χ1) is 19.3. The zero-order valence-electron chi connectivity index (χ0n) is 21.8. The number of hydrogen-bond acceptors (Lipinski definition) is 6. The Morgan fingerprint density at radius 2 is 2.02 bits per heavy atom. The largest absolute Gasteiger partial charge is 0.478 e. The molecule has 1 N–H and O–H groups in total. The van der Waals surface area contributed by atoms with Crippen molar-refractivity contribution in [1.29, 1.82) is 0 Å². The fourth-order valence-electron chi connectivity index (χ4n) is 5.16. The third-order valence-electron chi connectivity index (χ3n) is 7.46. The average molecular weight is 585 g/mol. The Morgan fingerprint density at radius 1 is 1.20 bits per heavy atom. The van der Waals surface area contributed by atoms with E-state index in [1.807, 2.05) is 31.2 Å². The zero-order chi connectivity index (χ0) is 28.0. The number of nitrogens with zero attached hydrogens (tertiary/aromatic N) is 4. The normalized spacial score (nSPS) is 17.1. The fraction of sp³-hybridized carbons (Fsp3) is 0.345. The summed E-state index contributed by atoms with van der Waals surface area (Å²) in [5.41, 5.74) is 4.06. The highest BCUT2D eigenvalue weighted by atomic mass is 35.5. The minimum absolute atomic E-state index is 0.0586. The summed E-state index contributed by atoms with van der Waals surface area (Å²) in [5, 5.41) is 10.5. The smallest absolute Gasteiger partial charge is 0.338 e. The summed E-state index contributed by atoms with van der Waals surface area (Å²) in [5.74, 6) is -1.10. The van der Waals surface area contributed by atoms with E-state index in [1.165, 1.54) is 6.07 Å². The molecule has 0 spiro atoms. The number of aryl methyl sites for hydroxylation is 1. The van der Waals surface area contributed by atoms with Crippen LogP contribution in [0.2, 0.25) is 10.0 Å². The van der Waals surface area contributed by atoms with Gasteiger partial charge in [0.2, 0.25) is 5.88 Å². The highest BCUT2D eigenvalue weighted by molar-refractivity contribution is 6.32. The summed E-state index contributed by atoms with van der Waals surface area (Å²) in [6.45, 7) is 4.98. The van der Waals surface area contributed by atoms with E-state index in [4.69, 9.17) is 42.6 Å². The average Bonchev–Trinajstić information content (AvgIpc) is 3.23. The number of carboxylic acid groups (broad SMARTS) is 1. The number of benzene rings is 2. The number of carbonyl (C=O) groups is 1. The number of aromatic nitrogens is 3. The Kier molecular flexibility index (Phi) is 7.39. The number of rotatable bonds is 8. The van der Waals surface area contributed by atoms with Crippen molar-refractivity contribution in [3.8, 4) is 5.88 Å². The van der Waals surface area contributed by atoms with Gasteiger partial charge in [-0.05, 0) is 55.2 Å². The molecule has 2 aromatic heterocycles. The number of pyridine rings is 1. The van der Waals surface area contributed by atoms with E-state index in [0.29, 0.717) is 53.5 Å². The van der Waals surface area contributed by atoms with Gasteiger partial charge in [-0.25, -0.2) is 19.2 Å². The Bertz CT molecular complexity index is 1620. The van der Waals surface area contributed by atoms with Crippen LogP contribution in [0.1, 0.15) is 45.0 Å². The minimum Gasteiger partial charge on any atom is -0.478 e. The summed E-state index contributed by atoms with van der Waals surface area (Å²) < 4.78 is 28.7. The predicted molar refractivity (Wildman–Crippen MR) is 149 cm³/mol. The van der Waals surface area contributed by atoms with Crippen LogP contribution in [0.4, 0.5) is 4.39 Å². The number of ether oxygens (including phenoxy) is 2. The lowest BCUT2D eigenvalue weighted by atomic mass is 10.1. The van der Waals surface area contributed by atoms with E-state index in [9.17, 15) is 9.90 Å². The van der Waals surface area contributed by atoms with Gasteiger partial charge in [-0.15, -0.1) is 0 Å². The second kappa shape index (κ2) is 11.0. The Labute approximate surface area is 240 Å². The first-order valence-corrected chi connectivity index (χ1v) is 13.8. The lowest BCUT2D eigenvalue weighted by Crippen LogP contribution is -2.34.